The summed E-state index contributed by atoms with van der Waals surface area (Å²) in [5.74, 6) is 1.46. The minimum atomic E-state index is 0.0377. The lowest BCUT2D eigenvalue weighted by Crippen LogP contribution is -2.50. The van der Waals surface area contributed by atoms with Gasteiger partial charge in [0.05, 0.1) is 14.2 Å². The molecule has 0 spiro atoms. The molecule has 4 rings (SSSR count). The molecule has 2 amide bonds. The van der Waals surface area contributed by atoms with Gasteiger partial charge in [-0.3, -0.25) is 4.98 Å². The van der Waals surface area contributed by atoms with Gasteiger partial charge in [-0.25, -0.2) is 4.79 Å². The summed E-state index contributed by atoms with van der Waals surface area (Å²) in [6.07, 6.45) is 7.57. The summed E-state index contributed by atoms with van der Waals surface area (Å²) in [6, 6.07) is 8.47. The Morgan fingerprint density at radius 1 is 1.06 bits per heavy atom. The van der Waals surface area contributed by atoms with Crippen molar-refractivity contribution < 1.29 is 14.3 Å². The van der Waals surface area contributed by atoms with E-state index in [1.165, 1.54) is 11.1 Å². The number of rotatable bonds is 6. The third-order valence-electron chi connectivity index (χ3n) is 6.39. The summed E-state index contributed by atoms with van der Waals surface area (Å²) in [5.41, 5.74) is 3.68. The van der Waals surface area contributed by atoms with Gasteiger partial charge in [0.1, 0.15) is 0 Å². The van der Waals surface area contributed by atoms with E-state index >= 15 is 0 Å². The van der Waals surface area contributed by atoms with E-state index < -0.39 is 0 Å². The molecule has 0 aliphatic carbocycles. The van der Waals surface area contributed by atoms with Gasteiger partial charge < -0.3 is 24.6 Å². The van der Waals surface area contributed by atoms with E-state index in [1.807, 2.05) is 29.4 Å². The summed E-state index contributed by atoms with van der Waals surface area (Å²) >= 11 is 0. The van der Waals surface area contributed by atoms with Crippen LogP contribution in [0.2, 0.25) is 0 Å². The molecule has 2 aliphatic rings. The highest BCUT2D eigenvalue weighted by Gasteiger charge is 2.26. The number of carbonyl (C=O) groups excluding carboxylic acids is 1. The smallest absolute Gasteiger partial charge is 0.317 e. The number of hydrogen-bond acceptors (Lipinski definition) is 5. The molecule has 3 heterocycles. The van der Waals surface area contributed by atoms with Crippen LogP contribution < -0.4 is 14.8 Å². The highest BCUT2D eigenvalue weighted by Crippen LogP contribution is 2.33. The maximum atomic E-state index is 12.9. The maximum absolute atomic E-state index is 12.9. The highest BCUT2D eigenvalue weighted by molar-refractivity contribution is 5.75. The second-order valence-electron chi connectivity index (χ2n) is 8.32. The molecule has 7 nitrogen and oxygen atoms in total. The highest BCUT2D eigenvalue weighted by atomic mass is 16.5. The van der Waals surface area contributed by atoms with Gasteiger partial charge in [-0.1, -0.05) is 0 Å². The molecule has 1 saturated heterocycles. The zero-order chi connectivity index (χ0) is 21.6. The van der Waals surface area contributed by atoms with Crippen LogP contribution in [0.25, 0.3) is 0 Å². The van der Waals surface area contributed by atoms with Crippen LogP contribution >= 0.6 is 0 Å². The monoisotopic (exact) mass is 424 g/mol. The molecule has 0 radical (unpaired) electrons. The van der Waals surface area contributed by atoms with Crippen LogP contribution in [-0.4, -0.2) is 67.3 Å². The Bertz CT molecular complexity index is 882. The molecule has 31 heavy (non-hydrogen) atoms. The van der Waals surface area contributed by atoms with Gasteiger partial charge in [-0.2, -0.15) is 0 Å². The van der Waals surface area contributed by atoms with Crippen molar-refractivity contribution in [3.8, 4) is 11.5 Å². The quantitative estimate of drug-likeness (QED) is 0.772. The number of methoxy groups -OCH3 is 2. The molecule has 1 fully saturated rings. The molecule has 7 heteroatoms. The number of carbonyl (C=O) groups is 1. The first-order valence-corrected chi connectivity index (χ1v) is 11.1. The third kappa shape index (κ3) is 5.28. The molecule has 0 atom stereocenters. The van der Waals surface area contributed by atoms with E-state index in [0.717, 1.165) is 63.2 Å². The summed E-state index contributed by atoms with van der Waals surface area (Å²) in [4.78, 5) is 21.4. The van der Waals surface area contributed by atoms with Gasteiger partial charge >= 0.3 is 6.03 Å². The number of piperidine rings is 1. The molecule has 1 aromatic carbocycles. The van der Waals surface area contributed by atoms with Crippen LogP contribution in [-0.2, 0) is 19.4 Å². The molecule has 0 bridgehead atoms. The zero-order valence-electron chi connectivity index (χ0n) is 18.5. The van der Waals surface area contributed by atoms with Gasteiger partial charge in [0, 0.05) is 51.2 Å². The molecular weight excluding hydrogens is 392 g/mol. The number of ether oxygens (including phenoxy) is 2. The van der Waals surface area contributed by atoms with Crippen molar-refractivity contribution in [1.29, 1.82) is 0 Å². The van der Waals surface area contributed by atoms with Crippen molar-refractivity contribution in [3.05, 3.63) is 53.3 Å². The first-order valence-electron chi connectivity index (χ1n) is 11.1. The second-order valence-corrected chi connectivity index (χ2v) is 8.32. The number of nitrogens with zero attached hydrogens (tertiary/aromatic N) is 3. The summed E-state index contributed by atoms with van der Waals surface area (Å²) in [5, 5.41) is 3.26. The normalized spacial score (nSPS) is 17.2. The van der Waals surface area contributed by atoms with Crippen molar-refractivity contribution in [2.45, 2.75) is 38.3 Å². The first-order chi connectivity index (χ1) is 15.2. The lowest BCUT2D eigenvalue weighted by molar-refractivity contribution is 0.169. The fourth-order valence-corrected chi connectivity index (χ4v) is 4.46. The topological polar surface area (TPSA) is 66.9 Å². The predicted molar refractivity (Wildman–Crippen MR) is 120 cm³/mol. The molecule has 166 valence electrons. The van der Waals surface area contributed by atoms with Crippen molar-refractivity contribution >= 4 is 6.03 Å². The number of fused-ring (bicyclic) bond motifs is 1. The van der Waals surface area contributed by atoms with Crippen LogP contribution in [0.15, 0.2) is 36.7 Å². The minimum Gasteiger partial charge on any atom is -0.493 e. The number of hydrogen-bond donors (Lipinski definition) is 1. The lowest BCUT2D eigenvalue weighted by Gasteiger charge is -2.35. The van der Waals surface area contributed by atoms with E-state index in [-0.39, 0.29) is 12.1 Å². The summed E-state index contributed by atoms with van der Waals surface area (Å²) in [6.45, 7) is 4.43. The van der Waals surface area contributed by atoms with Gasteiger partial charge in [-0.05, 0) is 66.6 Å². The number of likely N-dealkylation sites (tertiary alicyclic amines) is 1. The van der Waals surface area contributed by atoms with E-state index in [4.69, 9.17) is 9.47 Å². The minimum absolute atomic E-state index is 0.0377. The van der Waals surface area contributed by atoms with Crippen molar-refractivity contribution in [3.63, 3.8) is 0 Å². The predicted octanol–water partition coefficient (Wildman–Crippen LogP) is 2.87. The van der Waals surface area contributed by atoms with Crippen LogP contribution in [0.5, 0.6) is 11.5 Å². The number of amides is 2. The van der Waals surface area contributed by atoms with Gasteiger partial charge in [0.2, 0.25) is 0 Å². The molecule has 0 saturated carbocycles. The number of pyridine rings is 1. The van der Waals surface area contributed by atoms with Gasteiger partial charge in [0.25, 0.3) is 0 Å². The molecule has 2 aromatic rings. The lowest BCUT2D eigenvalue weighted by atomic mass is 9.99. The maximum Gasteiger partial charge on any atom is 0.317 e. The number of benzene rings is 1. The summed E-state index contributed by atoms with van der Waals surface area (Å²) in [7, 11) is 3.29. The Hall–Kier alpha value is -2.80. The second kappa shape index (κ2) is 10.0. The van der Waals surface area contributed by atoms with Crippen LogP contribution in [0.4, 0.5) is 4.79 Å². The van der Waals surface area contributed by atoms with Crippen LogP contribution in [0, 0.1) is 0 Å². The first kappa shape index (κ1) is 21.4. The van der Waals surface area contributed by atoms with E-state index in [1.54, 1.807) is 14.2 Å². The van der Waals surface area contributed by atoms with Crippen molar-refractivity contribution in [2.24, 2.45) is 0 Å². The van der Waals surface area contributed by atoms with Crippen LogP contribution in [0.1, 0.15) is 29.5 Å². The Balaban J connectivity index is 1.25. The standard InChI is InChI=1S/C24H32N4O3/c1-30-22-15-19-6-14-28(17-20(19)16-23(22)31-2)24(29)26-21-7-12-27(13-8-21)11-5-18-3-9-25-10-4-18/h3-4,9-10,15-16,21H,5-8,11-14,17H2,1-2H3,(H,26,29). The van der Waals surface area contributed by atoms with E-state index in [0.29, 0.717) is 12.3 Å². The Labute approximate surface area is 184 Å². The Morgan fingerprint density at radius 3 is 2.42 bits per heavy atom. The average molecular weight is 425 g/mol. The van der Waals surface area contributed by atoms with Gasteiger partial charge in [0.15, 0.2) is 11.5 Å². The molecule has 0 unspecified atom stereocenters. The van der Waals surface area contributed by atoms with Gasteiger partial charge in [-0.15, -0.1) is 0 Å². The fraction of sp³-hybridized carbons (Fsp3) is 0.500. The molecular formula is C24H32N4O3. The zero-order valence-corrected chi connectivity index (χ0v) is 18.5. The number of aromatic nitrogens is 1. The van der Waals surface area contributed by atoms with E-state index in [2.05, 4.69) is 27.3 Å². The third-order valence-corrected chi connectivity index (χ3v) is 6.39. The Kier molecular flexibility index (Phi) is 6.92. The summed E-state index contributed by atoms with van der Waals surface area (Å²) < 4.78 is 10.8. The largest absolute Gasteiger partial charge is 0.493 e. The van der Waals surface area contributed by atoms with Crippen LogP contribution in [0.3, 0.4) is 0 Å². The van der Waals surface area contributed by atoms with E-state index in [9.17, 15) is 4.79 Å². The number of nitrogens with one attached hydrogen (secondary N) is 1. The SMILES string of the molecule is COc1cc2c(cc1OC)CN(C(=O)NC1CCN(CCc3ccncc3)CC1)CC2. The molecule has 1 aromatic heterocycles. The fourth-order valence-electron chi connectivity index (χ4n) is 4.46. The molecule has 1 N–H and O–H groups in total. The van der Waals surface area contributed by atoms with Crippen molar-refractivity contribution in [2.75, 3.05) is 40.4 Å². The Morgan fingerprint density at radius 2 is 1.74 bits per heavy atom. The molecule has 2 aliphatic heterocycles. The average Bonchev–Trinajstić information content (AvgIpc) is 2.83. The van der Waals surface area contributed by atoms with Crippen molar-refractivity contribution in [1.82, 2.24) is 20.1 Å². The number of urea groups is 1.